The number of rotatable bonds is 8. The van der Waals surface area contributed by atoms with Crippen molar-refractivity contribution in [2.45, 2.75) is 63.0 Å². The lowest BCUT2D eigenvalue weighted by Gasteiger charge is -2.48. The number of hydrogen-bond acceptors (Lipinski definition) is 12. The summed E-state index contributed by atoms with van der Waals surface area (Å²) in [5.41, 5.74) is 10.7. The Hall–Kier alpha value is -5.81. The number of carbonyl (C=O) groups excluding carboxylic acids is 5. The highest BCUT2D eigenvalue weighted by Gasteiger charge is 2.45. The van der Waals surface area contributed by atoms with E-state index in [9.17, 15) is 29.1 Å². The van der Waals surface area contributed by atoms with Gasteiger partial charge in [-0.15, -0.1) is 0 Å². The first-order valence-corrected chi connectivity index (χ1v) is 19.3. The molecule has 6 aliphatic heterocycles. The van der Waals surface area contributed by atoms with Crippen LogP contribution in [0.5, 0.6) is 0 Å². The highest BCUT2D eigenvalue weighted by molar-refractivity contribution is 6.06. The predicted octanol–water partition coefficient (Wildman–Crippen LogP) is 1.15. The lowest BCUT2D eigenvalue weighted by atomic mass is 9.95. The molecular formula is C39H45N11O6. The van der Waals surface area contributed by atoms with Gasteiger partial charge in [0.25, 0.3) is 11.8 Å². The van der Waals surface area contributed by atoms with Crippen LogP contribution in [0.2, 0.25) is 0 Å². The lowest BCUT2D eigenvalue weighted by Crippen LogP contribution is -2.60. The van der Waals surface area contributed by atoms with Gasteiger partial charge >= 0.3 is 6.03 Å². The van der Waals surface area contributed by atoms with Crippen molar-refractivity contribution in [2.75, 3.05) is 68.0 Å². The predicted molar refractivity (Wildman–Crippen MR) is 204 cm³/mol. The molecule has 6 aliphatic rings. The molecule has 17 heteroatoms. The Labute approximate surface area is 323 Å². The number of likely N-dealkylation sites (N-methyl/N-ethyl adjacent to an activating group) is 1. The lowest BCUT2D eigenvalue weighted by molar-refractivity contribution is -0.139. The van der Waals surface area contributed by atoms with Gasteiger partial charge in [0.2, 0.25) is 11.8 Å². The van der Waals surface area contributed by atoms with Gasteiger partial charge in [0, 0.05) is 94.4 Å². The summed E-state index contributed by atoms with van der Waals surface area (Å²) in [6.07, 6.45) is 3.33. The van der Waals surface area contributed by atoms with Crippen molar-refractivity contribution in [3.63, 3.8) is 0 Å². The molecule has 4 fully saturated rings. The number of fused-ring (bicyclic) bond motifs is 2. The van der Waals surface area contributed by atoms with E-state index in [1.165, 1.54) is 16.0 Å². The van der Waals surface area contributed by atoms with E-state index in [1.54, 1.807) is 23.2 Å². The second kappa shape index (κ2) is 14.0. The molecule has 3 aromatic rings. The van der Waals surface area contributed by atoms with Gasteiger partial charge in [0.15, 0.2) is 17.7 Å². The molecule has 56 heavy (non-hydrogen) atoms. The fourth-order valence-corrected chi connectivity index (χ4v) is 9.03. The van der Waals surface area contributed by atoms with Crippen LogP contribution in [-0.4, -0.2) is 135 Å². The number of aromatic nitrogens is 2. The molecule has 0 spiro atoms. The molecule has 4 saturated heterocycles. The average Bonchev–Trinajstić information content (AvgIpc) is 3.63. The minimum atomic E-state index is -1.24. The van der Waals surface area contributed by atoms with E-state index in [0.29, 0.717) is 41.9 Å². The number of nitrogens with one attached hydrogen (secondary N) is 2. The van der Waals surface area contributed by atoms with E-state index < -0.39 is 30.0 Å². The fourth-order valence-electron chi connectivity index (χ4n) is 9.03. The molecular weight excluding hydrogens is 719 g/mol. The van der Waals surface area contributed by atoms with Crippen LogP contribution in [0.4, 0.5) is 27.8 Å². The Kier molecular flexibility index (Phi) is 8.99. The van der Waals surface area contributed by atoms with Crippen LogP contribution < -0.4 is 26.2 Å². The largest absolute Gasteiger partial charge is 0.369 e. The molecule has 2 unspecified atom stereocenters. The third-order valence-corrected chi connectivity index (χ3v) is 12.2. The Morgan fingerprint density at radius 3 is 2.52 bits per heavy atom. The Bertz CT molecular complexity index is 2140. The van der Waals surface area contributed by atoms with E-state index in [4.69, 9.17) is 10.7 Å². The number of piperidine rings is 2. The number of nitrogens with zero attached hydrogens (tertiary/aromatic N) is 8. The molecule has 292 valence electrons. The van der Waals surface area contributed by atoms with Crippen molar-refractivity contribution < 1.29 is 29.1 Å². The SMILES string of the molecule is CN1CCN([C@@H]2CCCN(c3cnc(C(N)=O)c(Nc4ccc5c(c4)CCN(C4CN(c6ccc7c(c6)C(=O)N(C6CCC(=O)NC6=O)C7O)C4)C5)n3)C2)C1=O. The number of primary amides is 1. The first-order chi connectivity index (χ1) is 27.0. The maximum atomic E-state index is 13.4. The van der Waals surface area contributed by atoms with Crippen LogP contribution in [0, 0.1) is 0 Å². The van der Waals surface area contributed by atoms with Crippen LogP contribution in [0.1, 0.15) is 69.4 Å². The quantitative estimate of drug-likeness (QED) is 0.239. The van der Waals surface area contributed by atoms with Gasteiger partial charge < -0.3 is 35.8 Å². The second-order valence-electron chi connectivity index (χ2n) is 15.6. The number of nitrogens with two attached hydrogens (primary N) is 1. The topological polar surface area (TPSA) is 201 Å². The number of benzene rings is 2. The van der Waals surface area contributed by atoms with Crippen molar-refractivity contribution >= 4 is 52.7 Å². The minimum Gasteiger partial charge on any atom is -0.369 e. The highest BCUT2D eigenvalue weighted by Crippen LogP contribution is 2.39. The van der Waals surface area contributed by atoms with Gasteiger partial charge in [-0.1, -0.05) is 12.1 Å². The molecule has 9 rings (SSSR count). The summed E-state index contributed by atoms with van der Waals surface area (Å²) in [6.45, 7) is 6.08. The van der Waals surface area contributed by atoms with Crippen molar-refractivity contribution in [1.29, 1.82) is 0 Å². The highest BCUT2D eigenvalue weighted by atomic mass is 16.3. The molecule has 1 aromatic heterocycles. The molecule has 5 N–H and O–H groups in total. The summed E-state index contributed by atoms with van der Waals surface area (Å²) in [4.78, 5) is 83.5. The summed E-state index contributed by atoms with van der Waals surface area (Å²) < 4.78 is 0. The van der Waals surface area contributed by atoms with Crippen LogP contribution >= 0.6 is 0 Å². The van der Waals surface area contributed by atoms with Gasteiger partial charge in [-0.05, 0) is 61.1 Å². The summed E-state index contributed by atoms with van der Waals surface area (Å²) in [7, 11) is 1.83. The zero-order valence-electron chi connectivity index (χ0n) is 31.2. The Morgan fingerprint density at radius 1 is 0.929 bits per heavy atom. The summed E-state index contributed by atoms with van der Waals surface area (Å²) >= 11 is 0. The third-order valence-electron chi connectivity index (χ3n) is 12.2. The van der Waals surface area contributed by atoms with E-state index in [2.05, 4.69) is 42.5 Å². The minimum absolute atomic E-state index is 0.0540. The number of aliphatic hydroxyl groups excluding tert-OH is 1. The number of imide groups is 1. The molecule has 0 saturated carbocycles. The van der Waals surface area contributed by atoms with Crippen molar-refractivity contribution in [2.24, 2.45) is 5.73 Å². The standard InChI is InChI=1S/C39H45N11O6/c1-45-13-14-49(39(45)56)26-3-2-11-47(19-26)31-17-41-33(34(40)52)35(43-31)42-24-5-4-23-18-46(12-10-22(23)15-24)27-20-48(21-27)25-6-7-28-29(16-25)38(55)50(37(28)54)30-8-9-32(51)44-36(30)53/h4-7,15-17,26-27,30,37,54H,2-3,8-14,18-21H2,1H3,(H2,40,52)(H,42,43)(H,44,51,53)/t26-,30?,37?/m1/s1. The normalized spacial score (nSPS) is 24.3. The second-order valence-corrected chi connectivity index (χ2v) is 15.6. The maximum Gasteiger partial charge on any atom is 0.320 e. The number of hydrogen-bond donors (Lipinski definition) is 4. The van der Waals surface area contributed by atoms with Crippen molar-refractivity contribution in [3.8, 4) is 0 Å². The number of urea groups is 1. The summed E-state index contributed by atoms with van der Waals surface area (Å²) in [6, 6.07) is 11.2. The zero-order chi connectivity index (χ0) is 38.8. The van der Waals surface area contributed by atoms with Crippen LogP contribution in [0.25, 0.3) is 0 Å². The van der Waals surface area contributed by atoms with Gasteiger partial charge in [-0.3, -0.25) is 34.3 Å². The first-order valence-electron chi connectivity index (χ1n) is 19.3. The maximum absolute atomic E-state index is 13.4. The van der Waals surface area contributed by atoms with Gasteiger partial charge in [-0.25, -0.2) is 14.8 Å². The molecule has 17 nitrogen and oxygen atoms in total. The summed E-state index contributed by atoms with van der Waals surface area (Å²) in [5, 5.41) is 16.6. The molecule has 0 bridgehead atoms. The van der Waals surface area contributed by atoms with Crippen LogP contribution in [0.3, 0.4) is 0 Å². The van der Waals surface area contributed by atoms with Gasteiger partial charge in [-0.2, -0.15) is 0 Å². The zero-order valence-corrected chi connectivity index (χ0v) is 31.2. The summed E-state index contributed by atoms with van der Waals surface area (Å²) in [5.74, 6) is -1.09. The van der Waals surface area contributed by atoms with E-state index in [1.807, 2.05) is 24.1 Å². The van der Waals surface area contributed by atoms with E-state index in [0.717, 1.165) is 69.9 Å². The molecule has 6 amide bonds. The number of aliphatic hydroxyl groups is 1. The van der Waals surface area contributed by atoms with E-state index >= 15 is 0 Å². The smallest absolute Gasteiger partial charge is 0.320 e. The molecule has 0 aliphatic carbocycles. The molecule has 2 aromatic carbocycles. The van der Waals surface area contributed by atoms with E-state index in [-0.39, 0.29) is 36.5 Å². The van der Waals surface area contributed by atoms with Crippen molar-refractivity contribution in [1.82, 2.24) is 34.9 Å². The molecule has 0 radical (unpaired) electrons. The number of anilines is 4. The third kappa shape index (κ3) is 6.33. The van der Waals surface area contributed by atoms with Crippen LogP contribution in [-0.2, 0) is 22.6 Å². The average molecular weight is 764 g/mol. The van der Waals surface area contributed by atoms with Crippen molar-refractivity contribution in [3.05, 3.63) is 70.5 Å². The molecule has 3 atom stereocenters. The monoisotopic (exact) mass is 763 g/mol. The number of carbonyl (C=O) groups is 5. The molecule has 7 heterocycles. The van der Waals surface area contributed by atoms with Gasteiger partial charge in [0.05, 0.1) is 12.2 Å². The first kappa shape index (κ1) is 35.9. The Balaban J connectivity index is 0.832. The van der Waals surface area contributed by atoms with Gasteiger partial charge in [0.1, 0.15) is 11.9 Å². The number of amides is 6. The fraction of sp³-hybridized carbons (Fsp3) is 0.462. The van der Waals surface area contributed by atoms with Crippen LogP contribution in [0.15, 0.2) is 42.6 Å². The Morgan fingerprint density at radius 2 is 1.75 bits per heavy atom.